The summed E-state index contributed by atoms with van der Waals surface area (Å²) < 4.78 is 6.26. The third-order valence-electron chi connectivity index (χ3n) is 7.23. The summed E-state index contributed by atoms with van der Waals surface area (Å²) >= 11 is 0. The van der Waals surface area contributed by atoms with Gasteiger partial charge in [-0.2, -0.15) is 0 Å². The highest BCUT2D eigenvalue weighted by Gasteiger charge is 2.11. The van der Waals surface area contributed by atoms with E-state index in [2.05, 4.69) is 53.4 Å². The van der Waals surface area contributed by atoms with Gasteiger partial charge >= 0.3 is 11.9 Å². The maximum atomic E-state index is 11.2. The van der Waals surface area contributed by atoms with Crippen molar-refractivity contribution in [1.82, 2.24) is 4.90 Å². The molecule has 0 bridgehead atoms. The molecule has 0 fully saturated rings. The molecule has 0 saturated carbocycles. The molecule has 0 aromatic heterocycles. The smallest absolute Gasteiger partial charge is 0.335 e. The largest absolute Gasteiger partial charge is 0.489 e. The number of aliphatic carboxylic acids is 1. The number of aryl methyl sites for hydroxylation is 2. The first-order valence-electron chi connectivity index (χ1n) is 14.4. The van der Waals surface area contributed by atoms with Gasteiger partial charge < -0.3 is 14.9 Å². The SMILES string of the molecule is O=C(O)CCCCN(CCc1ccccc1OCc1ccc(CCc2cc#ccc2)cc1)Cc1ccc(C(=O)O)cc1. The maximum Gasteiger partial charge on any atom is 0.335 e. The first-order valence-corrected chi connectivity index (χ1v) is 14.4. The van der Waals surface area contributed by atoms with Crippen LogP contribution >= 0.6 is 0 Å². The van der Waals surface area contributed by atoms with Gasteiger partial charge in [-0.3, -0.25) is 9.69 Å². The van der Waals surface area contributed by atoms with E-state index in [-0.39, 0.29) is 12.0 Å². The zero-order valence-electron chi connectivity index (χ0n) is 23.8. The molecule has 0 spiro atoms. The Bertz CT molecular complexity index is 1400. The van der Waals surface area contributed by atoms with Crippen LogP contribution < -0.4 is 4.74 Å². The average molecular weight is 564 g/mol. The Morgan fingerprint density at radius 3 is 2.14 bits per heavy atom. The van der Waals surface area contributed by atoms with Crippen molar-refractivity contribution >= 4 is 11.9 Å². The van der Waals surface area contributed by atoms with Gasteiger partial charge in [-0.25, -0.2) is 4.79 Å². The minimum atomic E-state index is -0.944. The van der Waals surface area contributed by atoms with Gasteiger partial charge in [0.2, 0.25) is 0 Å². The molecule has 6 nitrogen and oxygen atoms in total. The Labute approximate surface area is 248 Å². The second-order valence-corrected chi connectivity index (χ2v) is 10.4. The summed E-state index contributed by atoms with van der Waals surface area (Å²) in [5.41, 5.74) is 6.05. The molecule has 42 heavy (non-hydrogen) atoms. The van der Waals surface area contributed by atoms with Crippen LogP contribution in [0.3, 0.4) is 0 Å². The van der Waals surface area contributed by atoms with Crippen LogP contribution in [0, 0.1) is 12.1 Å². The molecule has 6 heteroatoms. The summed E-state index contributed by atoms with van der Waals surface area (Å²) in [5, 5.41) is 18.2. The second kappa shape index (κ2) is 16.0. The van der Waals surface area contributed by atoms with Crippen LogP contribution in [0.1, 0.15) is 57.4 Å². The van der Waals surface area contributed by atoms with Gasteiger partial charge in [0.25, 0.3) is 0 Å². The number of benzene rings is 3. The zero-order chi connectivity index (χ0) is 29.6. The highest BCUT2D eigenvalue weighted by atomic mass is 16.5. The van der Waals surface area contributed by atoms with Crippen molar-refractivity contribution < 1.29 is 24.5 Å². The summed E-state index contributed by atoms with van der Waals surface area (Å²) in [6, 6.07) is 35.5. The summed E-state index contributed by atoms with van der Waals surface area (Å²) in [7, 11) is 0. The third kappa shape index (κ3) is 10.1. The van der Waals surface area contributed by atoms with Crippen LogP contribution in [-0.2, 0) is 37.2 Å². The highest BCUT2D eigenvalue weighted by Crippen LogP contribution is 2.21. The van der Waals surface area contributed by atoms with E-state index in [4.69, 9.17) is 9.84 Å². The van der Waals surface area contributed by atoms with Gasteiger partial charge in [-0.05, 0) is 103 Å². The number of rotatable bonds is 17. The third-order valence-corrected chi connectivity index (χ3v) is 7.23. The van der Waals surface area contributed by atoms with Crippen LogP contribution in [0.25, 0.3) is 0 Å². The van der Waals surface area contributed by atoms with Crippen molar-refractivity contribution in [3.63, 3.8) is 0 Å². The quantitative estimate of drug-likeness (QED) is 0.140. The summed E-state index contributed by atoms with van der Waals surface area (Å²) in [6.45, 7) is 2.66. The van der Waals surface area contributed by atoms with Crippen molar-refractivity contribution in [1.29, 1.82) is 0 Å². The number of nitrogens with zero attached hydrogens (tertiary/aromatic N) is 1. The van der Waals surface area contributed by atoms with Gasteiger partial charge in [0.15, 0.2) is 0 Å². The van der Waals surface area contributed by atoms with Gasteiger partial charge in [0.05, 0.1) is 5.56 Å². The molecule has 0 radical (unpaired) electrons. The number of ether oxygens (including phenoxy) is 1. The molecule has 2 N–H and O–H groups in total. The van der Waals surface area contributed by atoms with Crippen molar-refractivity contribution in [2.75, 3.05) is 13.1 Å². The Morgan fingerprint density at radius 1 is 0.714 bits per heavy atom. The second-order valence-electron chi connectivity index (χ2n) is 10.4. The molecule has 0 atom stereocenters. The van der Waals surface area contributed by atoms with E-state index in [0.29, 0.717) is 19.6 Å². The molecule has 4 rings (SSSR count). The fraction of sp³-hybridized carbons (Fsp3) is 0.278. The monoisotopic (exact) mass is 563 g/mol. The number of carboxylic acid groups (broad SMARTS) is 2. The number of hydrogen-bond acceptors (Lipinski definition) is 4. The van der Waals surface area contributed by atoms with Crippen LogP contribution in [0.5, 0.6) is 5.75 Å². The molecule has 0 aliphatic rings. The van der Waals surface area contributed by atoms with Crippen molar-refractivity contribution in [3.05, 3.63) is 137 Å². The molecular weight excluding hydrogens is 526 g/mol. The molecule has 0 aliphatic heterocycles. The lowest BCUT2D eigenvalue weighted by Gasteiger charge is -2.23. The van der Waals surface area contributed by atoms with Gasteiger partial charge in [-0.15, -0.1) is 0 Å². The first kappa shape index (κ1) is 30.4. The molecule has 4 aromatic rings. The van der Waals surface area contributed by atoms with Gasteiger partial charge in [-0.1, -0.05) is 66.7 Å². The molecule has 4 aromatic carbocycles. The summed E-state index contributed by atoms with van der Waals surface area (Å²) in [6.07, 6.45) is 4.26. The van der Waals surface area contributed by atoms with Crippen molar-refractivity contribution in [2.45, 2.75) is 51.7 Å². The van der Waals surface area contributed by atoms with E-state index in [0.717, 1.165) is 61.2 Å². The van der Waals surface area contributed by atoms with Gasteiger partial charge in [0.1, 0.15) is 12.4 Å². The highest BCUT2D eigenvalue weighted by molar-refractivity contribution is 5.87. The Balaban J connectivity index is 1.33. The number of carboxylic acids is 2. The fourth-order valence-corrected chi connectivity index (χ4v) is 4.81. The van der Waals surface area contributed by atoms with Crippen molar-refractivity contribution in [3.8, 4) is 5.75 Å². The van der Waals surface area contributed by atoms with E-state index in [1.165, 1.54) is 11.1 Å². The maximum absolute atomic E-state index is 11.2. The van der Waals surface area contributed by atoms with Crippen LogP contribution in [0.15, 0.2) is 91.0 Å². The van der Waals surface area contributed by atoms with E-state index < -0.39 is 11.9 Å². The lowest BCUT2D eigenvalue weighted by Crippen LogP contribution is -2.27. The van der Waals surface area contributed by atoms with Crippen LogP contribution in [0.2, 0.25) is 0 Å². The Hall–Kier alpha value is -4.60. The number of hydrogen-bond donors (Lipinski definition) is 2. The minimum absolute atomic E-state index is 0.156. The molecule has 0 amide bonds. The molecule has 0 saturated heterocycles. The number of aromatic carboxylic acids is 1. The summed E-state index contributed by atoms with van der Waals surface area (Å²) in [5.74, 6) is -0.868. The normalized spacial score (nSPS) is 10.8. The molecule has 0 aliphatic carbocycles. The van der Waals surface area contributed by atoms with E-state index in [1.54, 1.807) is 12.1 Å². The average Bonchev–Trinajstić information content (AvgIpc) is 3.01. The van der Waals surface area contributed by atoms with Crippen LogP contribution in [0.4, 0.5) is 0 Å². The molecule has 216 valence electrons. The molecule has 0 heterocycles. The van der Waals surface area contributed by atoms with Gasteiger partial charge in [0, 0.05) is 19.5 Å². The number of carbonyl (C=O) groups is 2. The molecule has 0 unspecified atom stereocenters. The van der Waals surface area contributed by atoms with Crippen LogP contribution in [-0.4, -0.2) is 40.1 Å². The van der Waals surface area contributed by atoms with E-state index in [9.17, 15) is 14.7 Å². The summed E-state index contributed by atoms with van der Waals surface area (Å²) in [4.78, 5) is 24.5. The van der Waals surface area contributed by atoms with Crippen molar-refractivity contribution in [2.24, 2.45) is 0 Å². The Kier molecular flexibility index (Phi) is 11.6. The number of para-hydroxylation sites is 1. The zero-order valence-corrected chi connectivity index (χ0v) is 23.8. The minimum Gasteiger partial charge on any atom is -0.489 e. The standard InChI is InChI=1S/C36H37NO5/c38-35(39)12-6-7-24-37(26-30-19-21-33(22-20-30)36(40)41)25-23-32-10-4-5-11-34(32)42-27-31-17-15-29(16-18-31)14-13-28-8-2-1-3-9-28/h2,4-5,8-11,15-22H,6-7,12-14,23-27H2,(H,38,39)(H,40,41). The predicted molar refractivity (Wildman–Crippen MR) is 163 cm³/mol. The topological polar surface area (TPSA) is 87.1 Å². The molecular formula is C36H37NO5. The number of unbranched alkanes of at least 4 members (excludes halogenated alkanes) is 1. The van der Waals surface area contributed by atoms with E-state index >= 15 is 0 Å². The lowest BCUT2D eigenvalue weighted by atomic mass is 10.0. The fourth-order valence-electron chi connectivity index (χ4n) is 4.81. The van der Waals surface area contributed by atoms with E-state index in [1.807, 2.05) is 42.5 Å². The predicted octanol–water partition coefficient (Wildman–Crippen LogP) is 6.65. The Morgan fingerprint density at radius 2 is 1.43 bits per heavy atom. The first-order chi connectivity index (χ1) is 20.5. The lowest BCUT2D eigenvalue weighted by molar-refractivity contribution is -0.137.